The van der Waals surface area contributed by atoms with Gasteiger partial charge >= 0.3 is 0 Å². The van der Waals surface area contributed by atoms with E-state index in [1.54, 1.807) is 7.11 Å². The van der Waals surface area contributed by atoms with E-state index in [1.807, 2.05) is 22.7 Å². The summed E-state index contributed by atoms with van der Waals surface area (Å²) in [5.74, 6) is 1.11. The Morgan fingerprint density at radius 1 is 1.48 bits per heavy atom. The number of anilines is 1. The second-order valence-electron chi connectivity index (χ2n) is 7.48. The molecule has 3 rings (SSSR count). The maximum Gasteiger partial charge on any atom is 0.227 e. The summed E-state index contributed by atoms with van der Waals surface area (Å²) in [6.07, 6.45) is 4.80. The summed E-state index contributed by atoms with van der Waals surface area (Å²) in [7, 11) is 3.62. The first-order chi connectivity index (χ1) is 11.9. The molecule has 1 N–H and O–H groups in total. The van der Waals surface area contributed by atoms with Crippen LogP contribution in [0.1, 0.15) is 44.7 Å². The third-order valence-corrected chi connectivity index (χ3v) is 5.61. The molecule has 1 aliphatic carbocycles. The van der Waals surface area contributed by atoms with Crippen molar-refractivity contribution in [3.8, 4) is 0 Å². The van der Waals surface area contributed by atoms with Gasteiger partial charge in [0.25, 0.3) is 0 Å². The summed E-state index contributed by atoms with van der Waals surface area (Å²) in [5, 5.41) is 7.33. The van der Waals surface area contributed by atoms with Crippen molar-refractivity contribution in [1.29, 1.82) is 0 Å². The molecule has 2 heterocycles. The lowest BCUT2D eigenvalue weighted by Gasteiger charge is -2.36. The lowest BCUT2D eigenvalue weighted by molar-refractivity contribution is -0.137. The number of aryl methyl sites for hydroxylation is 1. The van der Waals surface area contributed by atoms with Crippen molar-refractivity contribution in [2.24, 2.45) is 5.92 Å². The highest BCUT2D eigenvalue weighted by Crippen LogP contribution is 2.34. The van der Waals surface area contributed by atoms with Gasteiger partial charge in [0.05, 0.1) is 17.8 Å². The zero-order valence-corrected chi connectivity index (χ0v) is 15.4. The van der Waals surface area contributed by atoms with Crippen LogP contribution in [0.5, 0.6) is 0 Å². The van der Waals surface area contributed by atoms with Crippen molar-refractivity contribution in [2.75, 3.05) is 26.0 Å². The highest BCUT2D eigenvalue weighted by molar-refractivity contribution is 5.91. The van der Waals surface area contributed by atoms with Crippen molar-refractivity contribution in [3.63, 3.8) is 0 Å². The van der Waals surface area contributed by atoms with E-state index >= 15 is 0 Å². The average molecular weight is 348 g/mol. The third kappa shape index (κ3) is 4.03. The molecule has 7 nitrogen and oxygen atoms in total. The van der Waals surface area contributed by atoms with E-state index in [9.17, 15) is 9.59 Å². The summed E-state index contributed by atoms with van der Waals surface area (Å²) in [5.41, 5.74) is 0.836. The Labute approximate surface area is 148 Å². The molecule has 0 aromatic carbocycles. The molecule has 1 fully saturated rings. The topological polar surface area (TPSA) is 76.5 Å². The number of carbonyl (C=O) groups excluding carboxylic acids is 2. The van der Waals surface area contributed by atoms with E-state index < -0.39 is 0 Å². The zero-order chi connectivity index (χ0) is 18.0. The molecule has 1 saturated carbocycles. The van der Waals surface area contributed by atoms with Gasteiger partial charge in [-0.25, -0.2) is 4.68 Å². The first-order valence-corrected chi connectivity index (χ1v) is 9.07. The molecule has 2 amide bonds. The van der Waals surface area contributed by atoms with Gasteiger partial charge in [0, 0.05) is 45.5 Å². The van der Waals surface area contributed by atoms with Crippen LogP contribution in [0.4, 0.5) is 5.82 Å². The fourth-order valence-electron chi connectivity index (χ4n) is 3.66. The standard InChI is InChI=1S/C18H28N4O3/c1-18(25-3)8-4-13(5-9-18)17(24)21(2)10-6-14-12-15-19-16(23)7-11-22(15)20-14/h12-13H,4-11H2,1-3H3,(H,19,23). The predicted octanol–water partition coefficient (Wildman–Crippen LogP) is 1.82. The van der Waals surface area contributed by atoms with E-state index in [2.05, 4.69) is 17.3 Å². The molecule has 0 unspecified atom stereocenters. The molecule has 0 bridgehead atoms. The molecule has 1 aromatic rings. The molecule has 0 spiro atoms. The monoisotopic (exact) mass is 348 g/mol. The van der Waals surface area contributed by atoms with Gasteiger partial charge in [0.15, 0.2) is 0 Å². The smallest absolute Gasteiger partial charge is 0.227 e. The lowest BCUT2D eigenvalue weighted by Crippen LogP contribution is -2.40. The number of likely N-dealkylation sites (N-methyl/N-ethyl adjacent to an activating group) is 1. The van der Waals surface area contributed by atoms with Gasteiger partial charge in [0.1, 0.15) is 5.82 Å². The quantitative estimate of drug-likeness (QED) is 0.881. The Morgan fingerprint density at radius 2 is 2.20 bits per heavy atom. The number of fused-ring (bicyclic) bond motifs is 1. The van der Waals surface area contributed by atoms with E-state index in [0.29, 0.717) is 25.9 Å². The van der Waals surface area contributed by atoms with Crippen LogP contribution >= 0.6 is 0 Å². The second-order valence-corrected chi connectivity index (χ2v) is 7.48. The maximum absolute atomic E-state index is 12.7. The van der Waals surface area contributed by atoms with Gasteiger partial charge in [-0.15, -0.1) is 0 Å². The molecule has 1 aromatic heterocycles. The molecule has 7 heteroatoms. The van der Waals surface area contributed by atoms with Crippen molar-refractivity contribution in [2.45, 2.75) is 57.6 Å². The number of methoxy groups -OCH3 is 1. The molecule has 2 aliphatic rings. The Morgan fingerprint density at radius 3 is 2.88 bits per heavy atom. The number of aromatic nitrogens is 2. The second kappa shape index (κ2) is 7.15. The molecule has 0 atom stereocenters. The molecule has 0 saturated heterocycles. The van der Waals surface area contributed by atoms with Crippen LogP contribution in [0.25, 0.3) is 0 Å². The van der Waals surface area contributed by atoms with Crippen LogP contribution < -0.4 is 5.32 Å². The number of rotatable bonds is 5. The number of carbonyl (C=O) groups is 2. The summed E-state index contributed by atoms with van der Waals surface area (Å²) in [6, 6.07) is 1.90. The van der Waals surface area contributed by atoms with Crippen molar-refractivity contribution < 1.29 is 14.3 Å². The number of nitrogens with one attached hydrogen (secondary N) is 1. The maximum atomic E-state index is 12.7. The molecule has 0 radical (unpaired) electrons. The normalized spacial score (nSPS) is 26.0. The highest BCUT2D eigenvalue weighted by atomic mass is 16.5. The van der Waals surface area contributed by atoms with E-state index in [4.69, 9.17) is 4.74 Å². The minimum absolute atomic E-state index is 0.0339. The van der Waals surface area contributed by atoms with Crippen LogP contribution in [0.15, 0.2) is 6.07 Å². The number of nitrogens with zero attached hydrogens (tertiary/aromatic N) is 3. The zero-order valence-electron chi connectivity index (χ0n) is 15.4. The van der Waals surface area contributed by atoms with Gasteiger partial charge in [-0.3, -0.25) is 9.59 Å². The van der Waals surface area contributed by atoms with Crippen LogP contribution in [0.2, 0.25) is 0 Å². The Kier molecular flexibility index (Phi) is 5.13. The number of hydrogen-bond acceptors (Lipinski definition) is 4. The molecule has 1 aliphatic heterocycles. The first-order valence-electron chi connectivity index (χ1n) is 9.07. The summed E-state index contributed by atoms with van der Waals surface area (Å²) in [4.78, 5) is 25.9. The lowest BCUT2D eigenvalue weighted by atomic mass is 9.79. The van der Waals surface area contributed by atoms with Crippen LogP contribution in [-0.2, 0) is 27.3 Å². The highest BCUT2D eigenvalue weighted by Gasteiger charge is 2.34. The van der Waals surface area contributed by atoms with Gasteiger partial charge in [-0.05, 0) is 32.6 Å². The Hall–Kier alpha value is -1.89. The SMILES string of the molecule is COC1(C)CCC(C(=O)N(C)CCc2cc3n(n2)CCC(=O)N3)CC1. The van der Waals surface area contributed by atoms with E-state index in [1.165, 1.54) is 0 Å². The van der Waals surface area contributed by atoms with Crippen LogP contribution in [0, 0.1) is 5.92 Å². The van der Waals surface area contributed by atoms with Crippen LogP contribution in [0.3, 0.4) is 0 Å². The Bertz CT molecular complexity index is 647. The Balaban J connectivity index is 1.50. The molecule has 25 heavy (non-hydrogen) atoms. The fourth-order valence-corrected chi connectivity index (χ4v) is 3.66. The van der Waals surface area contributed by atoms with Crippen LogP contribution in [-0.4, -0.2) is 52.8 Å². The van der Waals surface area contributed by atoms with Gasteiger partial charge < -0.3 is 15.0 Å². The minimum Gasteiger partial charge on any atom is -0.379 e. The fraction of sp³-hybridized carbons (Fsp3) is 0.722. The van der Waals surface area contributed by atoms with Crippen molar-refractivity contribution in [3.05, 3.63) is 11.8 Å². The average Bonchev–Trinajstić information content (AvgIpc) is 3.01. The van der Waals surface area contributed by atoms with Crippen molar-refractivity contribution >= 4 is 17.6 Å². The summed E-state index contributed by atoms with van der Waals surface area (Å²) in [6.45, 7) is 3.38. The summed E-state index contributed by atoms with van der Waals surface area (Å²) < 4.78 is 7.38. The van der Waals surface area contributed by atoms with E-state index in [-0.39, 0.29) is 23.3 Å². The molecular formula is C18H28N4O3. The van der Waals surface area contributed by atoms with Gasteiger partial charge in [-0.2, -0.15) is 5.10 Å². The van der Waals surface area contributed by atoms with Crippen molar-refractivity contribution in [1.82, 2.24) is 14.7 Å². The predicted molar refractivity (Wildman–Crippen MR) is 94.2 cm³/mol. The number of hydrogen-bond donors (Lipinski definition) is 1. The summed E-state index contributed by atoms with van der Waals surface area (Å²) >= 11 is 0. The van der Waals surface area contributed by atoms with E-state index in [0.717, 1.165) is 37.2 Å². The number of ether oxygens (including phenoxy) is 1. The largest absolute Gasteiger partial charge is 0.379 e. The van der Waals surface area contributed by atoms with Gasteiger partial charge in [-0.1, -0.05) is 0 Å². The minimum atomic E-state index is -0.0741. The molecular weight excluding hydrogens is 320 g/mol. The first kappa shape index (κ1) is 17.9. The third-order valence-electron chi connectivity index (χ3n) is 5.61. The van der Waals surface area contributed by atoms with Gasteiger partial charge in [0.2, 0.25) is 11.8 Å². The number of amides is 2. The molecule has 138 valence electrons.